The molecule has 2 aromatic heterocycles. The number of nitrogens with zero attached hydrogens (tertiary/aromatic N) is 3. The highest BCUT2D eigenvalue weighted by atomic mass is 16.5. The van der Waals surface area contributed by atoms with Crippen LogP contribution in [0, 0.1) is 0 Å². The molecule has 0 aromatic carbocycles. The van der Waals surface area contributed by atoms with Crippen molar-refractivity contribution in [2.45, 2.75) is 18.9 Å². The standard InChI is InChI=1S/C13H18N4O/c1-17-9-11(8-16-17)6-12(14)5-10-3-4-13(18-2)15-7-10/h3-4,7-9,12H,5-6,14H2,1-2H3. The van der Waals surface area contributed by atoms with Gasteiger partial charge in [-0.3, -0.25) is 4.68 Å². The Bertz CT molecular complexity index is 492. The first-order chi connectivity index (χ1) is 8.67. The molecule has 0 saturated heterocycles. The molecular weight excluding hydrogens is 228 g/mol. The predicted octanol–water partition coefficient (Wildman–Crippen LogP) is 0.936. The van der Waals surface area contributed by atoms with E-state index in [1.165, 1.54) is 0 Å². The largest absolute Gasteiger partial charge is 0.481 e. The molecule has 2 rings (SSSR count). The van der Waals surface area contributed by atoms with Crippen LogP contribution in [0.1, 0.15) is 11.1 Å². The van der Waals surface area contributed by atoms with Gasteiger partial charge in [-0.1, -0.05) is 6.07 Å². The normalized spacial score (nSPS) is 12.4. The molecule has 5 nitrogen and oxygen atoms in total. The Balaban J connectivity index is 1.91. The monoisotopic (exact) mass is 246 g/mol. The van der Waals surface area contributed by atoms with Crippen LogP contribution in [0.25, 0.3) is 0 Å². The zero-order valence-electron chi connectivity index (χ0n) is 10.7. The first kappa shape index (κ1) is 12.6. The van der Waals surface area contributed by atoms with E-state index in [1.807, 2.05) is 37.8 Å². The van der Waals surface area contributed by atoms with E-state index in [4.69, 9.17) is 10.5 Å². The summed E-state index contributed by atoms with van der Waals surface area (Å²) in [5.74, 6) is 0.625. The quantitative estimate of drug-likeness (QED) is 0.852. The molecule has 0 radical (unpaired) electrons. The summed E-state index contributed by atoms with van der Waals surface area (Å²) in [6, 6.07) is 3.92. The lowest BCUT2D eigenvalue weighted by Gasteiger charge is -2.10. The second-order valence-electron chi connectivity index (χ2n) is 4.40. The topological polar surface area (TPSA) is 66.0 Å². The van der Waals surface area contributed by atoms with Crippen LogP contribution in [-0.2, 0) is 19.9 Å². The summed E-state index contributed by atoms with van der Waals surface area (Å²) >= 11 is 0. The molecule has 5 heteroatoms. The van der Waals surface area contributed by atoms with Gasteiger partial charge < -0.3 is 10.5 Å². The minimum absolute atomic E-state index is 0.0735. The number of aromatic nitrogens is 3. The third-order valence-corrected chi connectivity index (χ3v) is 2.76. The van der Waals surface area contributed by atoms with Crippen molar-refractivity contribution in [1.29, 1.82) is 0 Å². The van der Waals surface area contributed by atoms with Gasteiger partial charge in [0.25, 0.3) is 0 Å². The lowest BCUT2D eigenvalue weighted by molar-refractivity contribution is 0.397. The molecule has 2 aromatic rings. The van der Waals surface area contributed by atoms with Gasteiger partial charge in [-0.2, -0.15) is 5.10 Å². The highest BCUT2D eigenvalue weighted by Crippen LogP contribution is 2.10. The Morgan fingerprint density at radius 3 is 2.61 bits per heavy atom. The summed E-state index contributed by atoms with van der Waals surface area (Å²) in [6.45, 7) is 0. The van der Waals surface area contributed by atoms with Crippen LogP contribution in [0.3, 0.4) is 0 Å². The van der Waals surface area contributed by atoms with E-state index >= 15 is 0 Å². The molecule has 0 amide bonds. The van der Waals surface area contributed by atoms with Gasteiger partial charge in [-0.05, 0) is 24.0 Å². The molecule has 1 atom stereocenters. The van der Waals surface area contributed by atoms with Crippen LogP contribution in [-0.4, -0.2) is 27.9 Å². The molecule has 0 saturated carbocycles. The lowest BCUT2D eigenvalue weighted by atomic mass is 10.0. The van der Waals surface area contributed by atoms with Gasteiger partial charge in [0.05, 0.1) is 13.3 Å². The predicted molar refractivity (Wildman–Crippen MR) is 69.4 cm³/mol. The average molecular weight is 246 g/mol. The summed E-state index contributed by atoms with van der Waals surface area (Å²) in [5, 5.41) is 4.13. The summed E-state index contributed by atoms with van der Waals surface area (Å²) in [4.78, 5) is 4.17. The van der Waals surface area contributed by atoms with E-state index in [-0.39, 0.29) is 6.04 Å². The van der Waals surface area contributed by atoms with E-state index in [2.05, 4.69) is 10.1 Å². The molecule has 0 fully saturated rings. The first-order valence-electron chi connectivity index (χ1n) is 5.89. The van der Waals surface area contributed by atoms with E-state index in [1.54, 1.807) is 11.8 Å². The van der Waals surface area contributed by atoms with E-state index in [0.717, 1.165) is 24.0 Å². The number of rotatable bonds is 5. The Morgan fingerprint density at radius 2 is 2.06 bits per heavy atom. The smallest absolute Gasteiger partial charge is 0.212 e. The number of hydrogen-bond donors (Lipinski definition) is 1. The fourth-order valence-electron chi connectivity index (χ4n) is 1.91. The van der Waals surface area contributed by atoms with Crippen LogP contribution < -0.4 is 10.5 Å². The number of ether oxygens (including phenoxy) is 1. The zero-order valence-corrected chi connectivity index (χ0v) is 10.7. The molecule has 0 aliphatic heterocycles. The maximum absolute atomic E-state index is 6.12. The maximum atomic E-state index is 6.12. The van der Waals surface area contributed by atoms with Gasteiger partial charge in [0, 0.05) is 31.5 Å². The minimum Gasteiger partial charge on any atom is -0.481 e. The maximum Gasteiger partial charge on any atom is 0.212 e. The van der Waals surface area contributed by atoms with Crippen LogP contribution >= 0.6 is 0 Å². The average Bonchev–Trinajstić information content (AvgIpc) is 2.75. The van der Waals surface area contributed by atoms with Crippen molar-refractivity contribution < 1.29 is 4.74 Å². The van der Waals surface area contributed by atoms with Gasteiger partial charge >= 0.3 is 0 Å². The van der Waals surface area contributed by atoms with Crippen LogP contribution in [0.2, 0.25) is 0 Å². The second kappa shape index (κ2) is 5.64. The Hall–Kier alpha value is -1.88. The van der Waals surface area contributed by atoms with Crippen molar-refractivity contribution in [3.63, 3.8) is 0 Å². The number of methoxy groups -OCH3 is 1. The highest BCUT2D eigenvalue weighted by molar-refractivity contribution is 5.19. The fourth-order valence-corrected chi connectivity index (χ4v) is 1.91. The number of pyridine rings is 1. The van der Waals surface area contributed by atoms with Crippen molar-refractivity contribution in [3.05, 3.63) is 41.9 Å². The third-order valence-electron chi connectivity index (χ3n) is 2.76. The molecule has 18 heavy (non-hydrogen) atoms. The molecule has 0 aliphatic rings. The van der Waals surface area contributed by atoms with Crippen LogP contribution in [0.4, 0.5) is 0 Å². The van der Waals surface area contributed by atoms with Crippen molar-refractivity contribution in [2.75, 3.05) is 7.11 Å². The molecular formula is C13H18N4O. The summed E-state index contributed by atoms with van der Waals surface area (Å²) in [5.41, 5.74) is 8.40. The lowest BCUT2D eigenvalue weighted by Crippen LogP contribution is -2.25. The number of hydrogen-bond acceptors (Lipinski definition) is 4. The molecule has 0 spiro atoms. The van der Waals surface area contributed by atoms with Crippen molar-refractivity contribution >= 4 is 0 Å². The highest BCUT2D eigenvalue weighted by Gasteiger charge is 2.07. The van der Waals surface area contributed by atoms with E-state index in [9.17, 15) is 0 Å². The molecule has 96 valence electrons. The van der Waals surface area contributed by atoms with Crippen LogP contribution in [0.15, 0.2) is 30.7 Å². The van der Waals surface area contributed by atoms with Gasteiger partial charge in [0.2, 0.25) is 5.88 Å². The second-order valence-corrected chi connectivity index (χ2v) is 4.40. The van der Waals surface area contributed by atoms with Crippen molar-refractivity contribution in [2.24, 2.45) is 12.8 Å². The SMILES string of the molecule is COc1ccc(CC(N)Cc2cnn(C)c2)cn1. The Morgan fingerprint density at radius 1 is 1.28 bits per heavy atom. The molecule has 2 N–H and O–H groups in total. The Kier molecular flexibility index (Phi) is 3.94. The third kappa shape index (κ3) is 3.30. The molecule has 2 heterocycles. The van der Waals surface area contributed by atoms with Gasteiger partial charge in [-0.15, -0.1) is 0 Å². The van der Waals surface area contributed by atoms with Crippen LogP contribution in [0.5, 0.6) is 5.88 Å². The summed E-state index contributed by atoms with van der Waals surface area (Å²) in [7, 11) is 3.51. The first-order valence-corrected chi connectivity index (χ1v) is 5.89. The Labute approximate surface area is 107 Å². The molecule has 0 aliphatic carbocycles. The molecule has 1 unspecified atom stereocenters. The zero-order chi connectivity index (χ0) is 13.0. The summed E-state index contributed by atoms with van der Waals surface area (Å²) in [6.07, 6.45) is 7.27. The van der Waals surface area contributed by atoms with Crippen molar-refractivity contribution in [1.82, 2.24) is 14.8 Å². The fraction of sp³-hybridized carbons (Fsp3) is 0.385. The van der Waals surface area contributed by atoms with Gasteiger partial charge in [0.1, 0.15) is 0 Å². The van der Waals surface area contributed by atoms with Gasteiger partial charge in [0.15, 0.2) is 0 Å². The van der Waals surface area contributed by atoms with Crippen molar-refractivity contribution in [3.8, 4) is 5.88 Å². The van der Waals surface area contributed by atoms with E-state index < -0.39 is 0 Å². The minimum atomic E-state index is 0.0735. The molecule has 0 bridgehead atoms. The van der Waals surface area contributed by atoms with E-state index in [0.29, 0.717) is 5.88 Å². The summed E-state index contributed by atoms with van der Waals surface area (Å²) < 4.78 is 6.81. The van der Waals surface area contributed by atoms with Gasteiger partial charge in [-0.25, -0.2) is 4.98 Å². The number of nitrogens with two attached hydrogens (primary N) is 1. The number of aryl methyl sites for hydroxylation is 1.